The molecule has 0 aliphatic heterocycles. The summed E-state index contributed by atoms with van der Waals surface area (Å²) >= 11 is 3.40. The SMILES string of the molecule is CC(NC(=O)CN(c1cccc(Br)c1)S(=O)(=O)c1ccccc1)c1ccc2c(c1)CCCC2. The highest BCUT2D eigenvalue weighted by atomic mass is 79.9. The molecule has 0 spiro atoms. The first kappa shape index (κ1) is 23.5. The number of amides is 1. The van der Waals surface area contributed by atoms with Gasteiger partial charge < -0.3 is 5.32 Å². The molecule has 3 aromatic carbocycles. The summed E-state index contributed by atoms with van der Waals surface area (Å²) in [7, 11) is -3.93. The van der Waals surface area contributed by atoms with Crippen molar-refractivity contribution in [2.45, 2.75) is 43.5 Å². The van der Waals surface area contributed by atoms with Gasteiger partial charge in [-0.05, 0) is 79.6 Å². The molecule has 3 aromatic rings. The quantitative estimate of drug-likeness (QED) is 0.448. The fraction of sp³-hybridized carbons (Fsp3) is 0.269. The molecular formula is C26H27BrN2O3S. The fourth-order valence-electron chi connectivity index (χ4n) is 4.19. The summed E-state index contributed by atoms with van der Waals surface area (Å²) in [5.74, 6) is -0.361. The van der Waals surface area contributed by atoms with Crippen molar-refractivity contribution in [2.75, 3.05) is 10.8 Å². The summed E-state index contributed by atoms with van der Waals surface area (Å²) in [6, 6.07) is 21.3. The van der Waals surface area contributed by atoms with Crippen LogP contribution in [0.5, 0.6) is 0 Å². The summed E-state index contributed by atoms with van der Waals surface area (Å²) < 4.78 is 28.7. The van der Waals surface area contributed by atoms with E-state index in [0.717, 1.165) is 27.2 Å². The Kier molecular flexibility index (Phi) is 7.20. The number of hydrogen-bond acceptors (Lipinski definition) is 3. The van der Waals surface area contributed by atoms with Gasteiger partial charge in [-0.3, -0.25) is 9.10 Å². The van der Waals surface area contributed by atoms with Gasteiger partial charge in [0.05, 0.1) is 16.6 Å². The van der Waals surface area contributed by atoms with Gasteiger partial charge in [-0.2, -0.15) is 0 Å². The molecule has 0 heterocycles. The number of anilines is 1. The second-order valence-corrected chi connectivity index (χ2v) is 11.1. The van der Waals surface area contributed by atoms with Gasteiger partial charge >= 0.3 is 0 Å². The van der Waals surface area contributed by atoms with Crippen molar-refractivity contribution in [2.24, 2.45) is 0 Å². The van der Waals surface area contributed by atoms with Crippen LogP contribution >= 0.6 is 15.9 Å². The molecule has 5 nitrogen and oxygen atoms in total. The number of nitrogens with zero attached hydrogens (tertiary/aromatic N) is 1. The van der Waals surface area contributed by atoms with Crippen LogP contribution in [0.15, 0.2) is 82.2 Å². The number of fused-ring (bicyclic) bond motifs is 1. The van der Waals surface area contributed by atoms with Gasteiger partial charge in [0.2, 0.25) is 5.91 Å². The first-order valence-electron chi connectivity index (χ1n) is 11.1. The third kappa shape index (κ3) is 5.47. The Morgan fingerprint density at radius 3 is 2.42 bits per heavy atom. The summed E-state index contributed by atoms with van der Waals surface area (Å²) in [5, 5.41) is 2.98. The highest BCUT2D eigenvalue weighted by Crippen LogP contribution is 2.27. The number of halogens is 1. The van der Waals surface area contributed by atoms with Gasteiger partial charge in [0.25, 0.3) is 10.0 Å². The van der Waals surface area contributed by atoms with Crippen LogP contribution in [0.2, 0.25) is 0 Å². The Morgan fingerprint density at radius 1 is 0.970 bits per heavy atom. The summed E-state index contributed by atoms with van der Waals surface area (Å²) in [6.07, 6.45) is 4.58. The lowest BCUT2D eigenvalue weighted by Gasteiger charge is -2.25. The van der Waals surface area contributed by atoms with Crippen molar-refractivity contribution in [3.8, 4) is 0 Å². The number of benzene rings is 3. The maximum absolute atomic E-state index is 13.4. The van der Waals surface area contributed by atoms with Crippen molar-refractivity contribution in [1.29, 1.82) is 0 Å². The van der Waals surface area contributed by atoms with Crippen LogP contribution in [-0.4, -0.2) is 20.9 Å². The Bertz CT molecular complexity index is 1250. The van der Waals surface area contributed by atoms with Crippen LogP contribution in [-0.2, 0) is 27.7 Å². The molecule has 1 N–H and O–H groups in total. The topological polar surface area (TPSA) is 66.5 Å². The molecule has 1 aliphatic rings. The maximum Gasteiger partial charge on any atom is 0.264 e. The third-order valence-corrected chi connectivity index (χ3v) is 8.25. The molecule has 1 amide bonds. The number of hydrogen-bond donors (Lipinski definition) is 1. The van der Waals surface area contributed by atoms with Crippen LogP contribution in [0.1, 0.15) is 42.5 Å². The minimum atomic E-state index is -3.93. The van der Waals surface area contributed by atoms with Crippen molar-refractivity contribution in [1.82, 2.24) is 5.32 Å². The Morgan fingerprint density at radius 2 is 1.70 bits per heavy atom. The third-order valence-electron chi connectivity index (χ3n) is 5.96. The van der Waals surface area contributed by atoms with E-state index >= 15 is 0 Å². The molecule has 1 aliphatic carbocycles. The van der Waals surface area contributed by atoms with E-state index in [4.69, 9.17) is 0 Å². The predicted octanol–water partition coefficient (Wildman–Crippen LogP) is 5.40. The average Bonchev–Trinajstić information content (AvgIpc) is 2.82. The lowest BCUT2D eigenvalue weighted by molar-refractivity contribution is -0.120. The van der Waals surface area contributed by atoms with Gasteiger partial charge in [-0.25, -0.2) is 8.42 Å². The van der Waals surface area contributed by atoms with Gasteiger partial charge in [0, 0.05) is 4.47 Å². The molecule has 0 bridgehead atoms. The van der Waals surface area contributed by atoms with Gasteiger partial charge in [0.15, 0.2) is 0 Å². The maximum atomic E-state index is 13.4. The zero-order valence-electron chi connectivity index (χ0n) is 18.5. The van der Waals surface area contributed by atoms with E-state index in [9.17, 15) is 13.2 Å². The Balaban J connectivity index is 1.56. The molecular weight excluding hydrogens is 500 g/mol. The highest BCUT2D eigenvalue weighted by molar-refractivity contribution is 9.10. The Labute approximate surface area is 204 Å². The molecule has 33 heavy (non-hydrogen) atoms. The smallest absolute Gasteiger partial charge is 0.264 e. The van der Waals surface area contributed by atoms with Crippen LogP contribution in [0.3, 0.4) is 0 Å². The van der Waals surface area contributed by atoms with E-state index in [1.807, 2.05) is 13.0 Å². The molecule has 1 unspecified atom stereocenters. The van der Waals surface area contributed by atoms with Crippen LogP contribution in [0.25, 0.3) is 0 Å². The van der Waals surface area contributed by atoms with Crippen molar-refractivity contribution >= 4 is 37.5 Å². The summed E-state index contributed by atoms with van der Waals surface area (Å²) in [4.78, 5) is 13.2. The molecule has 0 saturated heterocycles. The normalized spacial score (nSPS) is 14.2. The lowest BCUT2D eigenvalue weighted by Crippen LogP contribution is -2.41. The summed E-state index contributed by atoms with van der Waals surface area (Å²) in [6.45, 7) is 1.61. The number of nitrogens with one attached hydrogen (secondary N) is 1. The van der Waals surface area contributed by atoms with Crippen molar-refractivity contribution in [3.63, 3.8) is 0 Å². The largest absolute Gasteiger partial charge is 0.348 e. The molecule has 0 aromatic heterocycles. The molecule has 0 radical (unpaired) electrons. The molecule has 4 rings (SSSR count). The van der Waals surface area contributed by atoms with Crippen LogP contribution < -0.4 is 9.62 Å². The van der Waals surface area contributed by atoms with Crippen LogP contribution in [0, 0.1) is 0 Å². The fourth-order valence-corrected chi connectivity index (χ4v) is 6.01. The number of carbonyl (C=O) groups is 1. The van der Waals surface area contributed by atoms with Crippen molar-refractivity contribution < 1.29 is 13.2 Å². The van der Waals surface area contributed by atoms with E-state index in [1.54, 1.807) is 36.4 Å². The highest BCUT2D eigenvalue weighted by Gasteiger charge is 2.28. The monoisotopic (exact) mass is 526 g/mol. The predicted molar refractivity (Wildman–Crippen MR) is 135 cm³/mol. The second-order valence-electron chi connectivity index (χ2n) is 8.33. The van der Waals surface area contributed by atoms with E-state index in [2.05, 4.69) is 39.4 Å². The van der Waals surface area contributed by atoms with E-state index in [1.165, 1.54) is 36.1 Å². The first-order chi connectivity index (χ1) is 15.8. The number of aryl methyl sites for hydroxylation is 2. The van der Waals surface area contributed by atoms with E-state index < -0.39 is 10.0 Å². The Hall–Kier alpha value is -2.64. The minimum absolute atomic E-state index is 0.139. The lowest BCUT2D eigenvalue weighted by atomic mass is 9.89. The van der Waals surface area contributed by atoms with Crippen molar-refractivity contribution in [3.05, 3.63) is 94.0 Å². The standard InChI is InChI=1S/C26H27BrN2O3S/c1-19(21-15-14-20-8-5-6-9-22(20)16-21)28-26(30)18-29(24-11-7-10-23(27)17-24)33(31,32)25-12-3-2-4-13-25/h2-4,7,10-17,19H,5-6,8-9,18H2,1H3,(H,28,30). The zero-order chi connectivity index (χ0) is 23.4. The van der Waals surface area contributed by atoms with E-state index in [0.29, 0.717) is 5.69 Å². The number of rotatable bonds is 7. The summed E-state index contributed by atoms with van der Waals surface area (Å²) in [5.41, 5.74) is 4.19. The zero-order valence-corrected chi connectivity index (χ0v) is 20.9. The first-order valence-corrected chi connectivity index (χ1v) is 13.3. The van der Waals surface area contributed by atoms with Gasteiger partial charge in [-0.1, -0.05) is 58.4 Å². The van der Waals surface area contributed by atoms with Gasteiger partial charge in [-0.15, -0.1) is 0 Å². The number of carbonyl (C=O) groups excluding carboxylic acids is 1. The van der Waals surface area contributed by atoms with Gasteiger partial charge in [0.1, 0.15) is 6.54 Å². The molecule has 0 fully saturated rings. The van der Waals surface area contributed by atoms with Crippen LogP contribution in [0.4, 0.5) is 5.69 Å². The molecule has 0 saturated carbocycles. The average molecular weight is 527 g/mol. The second kappa shape index (κ2) is 10.1. The molecule has 1 atom stereocenters. The van der Waals surface area contributed by atoms with E-state index in [-0.39, 0.29) is 23.4 Å². The minimum Gasteiger partial charge on any atom is -0.348 e. The number of sulfonamides is 1. The molecule has 7 heteroatoms. The molecule has 172 valence electrons.